The van der Waals surface area contributed by atoms with Crippen molar-refractivity contribution in [3.05, 3.63) is 52.9 Å². The van der Waals surface area contributed by atoms with Crippen molar-refractivity contribution in [3.63, 3.8) is 0 Å². The highest BCUT2D eigenvalue weighted by Crippen LogP contribution is 2.24. The number of halogens is 2. The normalized spacial score (nSPS) is 12.0. The van der Waals surface area contributed by atoms with E-state index in [9.17, 15) is 18.7 Å². The first-order chi connectivity index (χ1) is 16.5. The second-order valence-electron chi connectivity index (χ2n) is 8.95. The number of fused-ring (bicyclic) bond motifs is 3. The number of hydrogen-bond donors (Lipinski definition) is 2. The number of nitrogens with two attached hydrogens (primary N) is 1. The lowest BCUT2D eigenvalue weighted by molar-refractivity contribution is 0.0719. The summed E-state index contributed by atoms with van der Waals surface area (Å²) in [7, 11) is 1.68. The van der Waals surface area contributed by atoms with Gasteiger partial charge in [0.1, 0.15) is 22.6 Å². The molecule has 184 valence electrons. The van der Waals surface area contributed by atoms with E-state index in [2.05, 4.69) is 25.0 Å². The van der Waals surface area contributed by atoms with E-state index in [0.717, 1.165) is 12.1 Å². The Morgan fingerprint density at radius 3 is 2.63 bits per heavy atom. The summed E-state index contributed by atoms with van der Waals surface area (Å²) in [5.41, 5.74) is 5.98. The molecule has 0 aliphatic carbocycles. The van der Waals surface area contributed by atoms with Gasteiger partial charge in [0.15, 0.2) is 17.3 Å². The van der Waals surface area contributed by atoms with Crippen LogP contribution < -0.4 is 5.73 Å². The van der Waals surface area contributed by atoms with Gasteiger partial charge in [-0.2, -0.15) is 4.52 Å². The average Bonchev–Trinajstić information content (AvgIpc) is 3.21. The third-order valence-corrected chi connectivity index (χ3v) is 5.63. The minimum absolute atomic E-state index is 0.0471. The van der Waals surface area contributed by atoms with Crippen LogP contribution in [-0.4, -0.2) is 59.1 Å². The first-order valence-electron chi connectivity index (χ1n) is 11.1. The van der Waals surface area contributed by atoms with Gasteiger partial charge in [0.25, 0.3) is 5.91 Å². The summed E-state index contributed by atoms with van der Waals surface area (Å²) < 4.78 is 29.1. The predicted molar refractivity (Wildman–Crippen MR) is 125 cm³/mol. The quantitative estimate of drug-likeness (QED) is 0.382. The molecule has 10 nitrogen and oxygen atoms in total. The number of carbonyl (C=O) groups excluding carboxylic acids is 1. The van der Waals surface area contributed by atoms with E-state index in [0.29, 0.717) is 43.0 Å². The molecule has 0 spiro atoms. The van der Waals surface area contributed by atoms with Gasteiger partial charge in [0, 0.05) is 26.1 Å². The summed E-state index contributed by atoms with van der Waals surface area (Å²) in [6.45, 7) is 5.35. The third kappa shape index (κ3) is 4.87. The molecule has 0 unspecified atom stereocenters. The summed E-state index contributed by atoms with van der Waals surface area (Å²) in [5.74, 6) is -1.42. The number of hydrogen-bond acceptors (Lipinski definition) is 8. The average molecular weight is 485 g/mol. The molecule has 1 amide bonds. The number of aromatic nitrogens is 6. The number of nitrogens with zero attached hydrogens (tertiary/aromatic N) is 7. The monoisotopic (exact) mass is 484 g/mol. The Bertz CT molecular complexity index is 1430. The van der Waals surface area contributed by atoms with Crippen LogP contribution >= 0.6 is 0 Å². The van der Waals surface area contributed by atoms with Crippen LogP contribution in [0.2, 0.25) is 0 Å². The molecule has 0 atom stereocenters. The Hall–Kier alpha value is -3.80. The summed E-state index contributed by atoms with van der Waals surface area (Å²) in [4.78, 5) is 31.2. The van der Waals surface area contributed by atoms with Crippen LogP contribution in [0.3, 0.4) is 0 Å². The number of aliphatic hydroxyl groups is 1. The number of anilines is 1. The number of benzene rings is 1. The van der Waals surface area contributed by atoms with Crippen molar-refractivity contribution < 1.29 is 18.7 Å². The van der Waals surface area contributed by atoms with Gasteiger partial charge >= 0.3 is 0 Å². The molecule has 0 aliphatic rings. The molecule has 0 saturated carbocycles. The molecule has 0 fully saturated rings. The standard InChI is InChI=1S/C23H26F2N8O2/c1-12-18(27-11-16(28-12)23(2,3)35)21(34)32(4)8-6-5-7-17-29-20-14-9-13(24)10-15(25)19(14)30-22(26)33(20)31-17/h9-11,35H,5-8H2,1-4H3,(H2,26,30). The van der Waals surface area contributed by atoms with E-state index in [1.807, 2.05) is 0 Å². The van der Waals surface area contributed by atoms with E-state index in [4.69, 9.17) is 5.73 Å². The lowest BCUT2D eigenvalue weighted by atomic mass is 10.1. The summed E-state index contributed by atoms with van der Waals surface area (Å²) in [5, 5.41) is 14.6. The molecular formula is C23H26F2N8O2. The molecule has 4 aromatic rings. The van der Waals surface area contributed by atoms with Crippen LogP contribution in [0.1, 0.15) is 54.4 Å². The second kappa shape index (κ2) is 9.10. The van der Waals surface area contributed by atoms with E-state index >= 15 is 0 Å². The fraction of sp³-hybridized carbons (Fsp3) is 0.391. The molecule has 3 heterocycles. The van der Waals surface area contributed by atoms with Crippen molar-refractivity contribution in [1.29, 1.82) is 0 Å². The number of nitrogen functional groups attached to an aromatic ring is 1. The van der Waals surface area contributed by atoms with Crippen LogP contribution in [0.4, 0.5) is 14.7 Å². The van der Waals surface area contributed by atoms with E-state index < -0.39 is 17.2 Å². The van der Waals surface area contributed by atoms with Gasteiger partial charge in [0.05, 0.1) is 23.0 Å². The van der Waals surface area contributed by atoms with Gasteiger partial charge in [-0.05, 0) is 39.7 Å². The molecule has 0 radical (unpaired) electrons. The van der Waals surface area contributed by atoms with Crippen LogP contribution in [-0.2, 0) is 12.0 Å². The molecule has 0 bridgehead atoms. The minimum Gasteiger partial charge on any atom is -0.384 e. The van der Waals surface area contributed by atoms with Crippen LogP contribution in [0, 0.1) is 18.6 Å². The Balaban J connectivity index is 1.41. The molecule has 3 aromatic heterocycles. The summed E-state index contributed by atoms with van der Waals surface area (Å²) in [6, 6.07) is 1.90. The second-order valence-corrected chi connectivity index (χ2v) is 8.95. The predicted octanol–water partition coefficient (Wildman–Crippen LogP) is 2.56. The van der Waals surface area contributed by atoms with Gasteiger partial charge in [-0.15, -0.1) is 5.10 Å². The van der Waals surface area contributed by atoms with Gasteiger partial charge in [-0.1, -0.05) is 0 Å². The van der Waals surface area contributed by atoms with Gasteiger partial charge < -0.3 is 15.7 Å². The van der Waals surface area contributed by atoms with E-state index in [1.54, 1.807) is 32.7 Å². The van der Waals surface area contributed by atoms with Gasteiger partial charge in [-0.3, -0.25) is 9.78 Å². The molecule has 12 heteroatoms. The lowest BCUT2D eigenvalue weighted by Crippen LogP contribution is -2.30. The number of unbranched alkanes of at least 4 members (excludes halogenated alkanes) is 1. The number of amides is 1. The zero-order chi connectivity index (χ0) is 25.5. The molecule has 0 saturated heterocycles. The molecular weight excluding hydrogens is 458 g/mol. The van der Waals surface area contributed by atoms with Crippen molar-refractivity contribution in [2.45, 2.75) is 45.6 Å². The maximum atomic E-state index is 14.1. The molecule has 4 rings (SSSR count). The Kier molecular flexibility index (Phi) is 6.32. The van der Waals surface area contributed by atoms with Crippen LogP contribution in [0.25, 0.3) is 16.6 Å². The SMILES string of the molecule is Cc1nc(C(C)(C)O)cnc1C(=O)N(C)CCCCc1nc2c3cc(F)cc(F)c3nc(N)n2n1. The minimum atomic E-state index is -1.15. The Labute approximate surface area is 199 Å². The maximum absolute atomic E-state index is 14.1. The summed E-state index contributed by atoms with van der Waals surface area (Å²) in [6.07, 6.45) is 3.20. The topological polar surface area (TPSA) is 135 Å². The lowest BCUT2D eigenvalue weighted by Gasteiger charge is -2.20. The Morgan fingerprint density at radius 2 is 1.94 bits per heavy atom. The van der Waals surface area contributed by atoms with Crippen molar-refractivity contribution in [3.8, 4) is 0 Å². The number of rotatable bonds is 7. The number of aryl methyl sites for hydroxylation is 2. The van der Waals surface area contributed by atoms with Gasteiger partial charge in [0.2, 0.25) is 5.95 Å². The smallest absolute Gasteiger partial charge is 0.274 e. The Morgan fingerprint density at radius 1 is 1.20 bits per heavy atom. The molecule has 1 aromatic carbocycles. The van der Waals surface area contributed by atoms with Gasteiger partial charge in [-0.25, -0.2) is 23.7 Å². The molecule has 35 heavy (non-hydrogen) atoms. The maximum Gasteiger partial charge on any atom is 0.274 e. The van der Waals surface area contributed by atoms with E-state index in [1.165, 1.54) is 10.7 Å². The summed E-state index contributed by atoms with van der Waals surface area (Å²) >= 11 is 0. The zero-order valence-corrected chi connectivity index (χ0v) is 19.9. The van der Waals surface area contributed by atoms with Crippen LogP contribution in [0.15, 0.2) is 18.3 Å². The molecule has 0 aliphatic heterocycles. The molecule has 3 N–H and O–H groups in total. The van der Waals surface area contributed by atoms with Crippen molar-refractivity contribution in [1.82, 2.24) is 34.4 Å². The van der Waals surface area contributed by atoms with Crippen molar-refractivity contribution in [2.75, 3.05) is 19.3 Å². The van der Waals surface area contributed by atoms with E-state index in [-0.39, 0.29) is 34.1 Å². The van der Waals surface area contributed by atoms with Crippen molar-refractivity contribution >= 4 is 28.4 Å². The highest BCUT2D eigenvalue weighted by molar-refractivity contribution is 5.93. The highest BCUT2D eigenvalue weighted by Gasteiger charge is 2.22. The fourth-order valence-electron chi connectivity index (χ4n) is 3.71. The van der Waals surface area contributed by atoms with Crippen molar-refractivity contribution in [2.24, 2.45) is 0 Å². The fourth-order valence-corrected chi connectivity index (χ4v) is 3.71. The third-order valence-electron chi connectivity index (χ3n) is 5.63. The first kappa shape index (κ1) is 24.3. The highest BCUT2D eigenvalue weighted by atomic mass is 19.1. The number of carbonyl (C=O) groups is 1. The first-order valence-corrected chi connectivity index (χ1v) is 11.1. The van der Waals surface area contributed by atoms with Crippen LogP contribution in [0.5, 0.6) is 0 Å². The zero-order valence-electron chi connectivity index (χ0n) is 19.9. The largest absolute Gasteiger partial charge is 0.384 e.